The maximum atomic E-state index is 13.7. The van der Waals surface area contributed by atoms with Gasteiger partial charge in [0.15, 0.2) is 6.61 Å². The van der Waals surface area contributed by atoms with Crippen LogP contribution < -0.4 is 15.4 Å². The Bertz CT molecular complexity index is 743. The number of hydrogen-bond acceptors (Lipinski definition) is 4. The van der Waals surface area contributed by atoms with Crippen molar-refractivity contribution in [2.45, 2.75) is 19.0 Å². The Morgan fingerprint density at radius 1 is 1.11 bits per heavy atom. The number of halogens is 1. The summed E-state index contributed by atoms with van der Waals surface area (Å²) in [5.74, 6) is 0.180. The molecule has 0 saturated carbocycles. The second kappa shape index (κ2) is 11.2. The maximum absolute atomic E-state index is 13.7. The number of carbonyl (C=O) groups is 2. The third-order valence-corrected chi connectivity index (χ3v) is 4.43. The molecule has 27 heavy (non-hydrogen) atoms. The molecule has 5 nitrogen and oxygen atoms in total. The summed E-state index contributed by atoms with van der Waals surface area (Å²) in [5.41, 5.74) is 0.396. The van der Waals surface area contributed by atoms with Crippen molar-refractivity contribution in [2.24, 2.45) is 0 Å². The molecule has 7 heteroatoms. The molecule has 1 unspecified atom stereocenters. The monoisotopic (exact) mass is 390 g/mol. The van der Waals surface area contributed by atoms with Crippen molar-refractivity contribution >= 4 is 23.6 Å². The van der Waals surface area contributed by atoms with E-state index in [4.69, 9.17) is 4.74 Å². The fourth-order valence-electron chi connectivity index (χ4n) is 2.35. The summed E-state index contributed by atoms with van der Waals surface area (Å²) in [6, 6.07) is 14.5. The van der Waals surface area contributed by atoms with Crippen molar-refractivity contribution in [3.05, 3.63) is 66.0 Å². The Kier molecular flexibility index (Phi) is 8.64. The number of nitrogens with one attached hydrogen (secondary N) is 2. The van der Waals surface area contributed by atoms with E-state index in [-0.39, 0.29) is 30.8 Å². The fourth-order valence-corrected chi connectivity index (χ4v) is 2.82. The van der Waals surface area contributed by atoms with Gasteiger partial charge < -0.3 is 15.4 Å². The van der Waals surface area contributed by atoms with Gasteiger partial charge in [-0.2, -0.15) is 11.8 Å². The molecule has 0 aromatic heterocycles. The number of para-hydroxylation sites is 1. The molecule has 0 heterocycles. The summed E-state index contributed by atoms with van der Waals surface area (Å²) in [6.07, 6.45) is 2.40. The Morgan fingerprint density at radius 3 is 2.52 bits per heavy atom. The Balaban J connectivity index is 1.87. The molecule has 0 aliphatic carbocycles. The van der Waals surface area contributed by atoms with Gasteiger partial charge in [0.1, 0.15) is 17.6 Å². The van der Waals surface area contributed by atoms with Crippen molar-refractivity contribution in [3.63, 3.8) is 0 Å². The summed E-state index contributed by atoms with van der Waals surface area (Å²) < 4.78 is 19.1. The lowest BCUT2D eigenvalue weighted by atomic mass is 10.1. The van der Waals surface area contributed by atoms with Crippen LogP contribution in [0.1, 0.15) is 12.0 Å². The van der Waals surface area contributed by atoms with Crippen LogP contribution in [-0.2, 0) is 16.1 Å². The minimum Gasteiger partial charge on any atom is -0.484 e. The van der Waals surface area contributed by atoms with Gasteiger partial charge in [-0.15, -0.1) is 0 Å². The zero-order valence-electron chi connectivity index (χ0n) is 15.1. The highest BCUT2D eigenvalue weighted by atomic mass is 32.2. The summed E-state index contributed by atoms with van der Waals surface area (Å²) in [4.78, 5) is 24.6. The van der Waals surface area contributed by atoms with E-state index in [2.05, 4.69) is 10.6 Å². The van der Waals surface area contributed by atoms with Crippen molar-refractivity contribution in [1.29, 1.82) is 0 Å². The average Bonchev–Trinajstić information content (AvgIpc) is 2.69. The SMILES string of the molecule is CSCCC(NC(=O)COc1ccccc1)C(=O)NCc1ccccc1F. The van der Waals surface area contributed by atoms with Crippen LogP contribution in [0.3, 0.4) is 0 Å². The quantitative estimate of drug-likeness (QED) is 0.655. The first-order valence-electron chi connectivity index (χ1n) is 8.57. The topological polar surface area (TPSA) is 67.4 Å². The Morgan fingerprint density at radius 2 is 1.81 bits per heavy atom. The van der Waals surface area contributed by atoms with Gasteiger partial charge in [0.25, 0.3) is 5.91 Å². The molecule has 2 amide bonds. The minimum atomic E-state index is -0.698. The molecule has 2 N–H and O–H groups in total. The number of ether oxygens (including phenoxy) is 1. The van der Waals surface area contributed by atoms with E-state index in [0.717, 1.165) is 0 Å². The van der Waals surface area contributed by atoms with Gasteiger partial charge in [-0.1, -0.05) is 36.4 Å². The number of hydrogen-bond donors (Lipinski definition) is 2. The highest BCUT2D eigenvalue weighted by Gasteiger charge is 2.20. The van der Waals surface area contributed by atoms with Gasteiger partial charge in [-0.05, 0) is 36.6 Å². The van der Waals surface area contributed by atoms with E-state index < -0.39 is 6.04 Å². The lowest BCUT2D eigenvalue weighted by molar-refractivity contribution is -0.130. The molecule has 2 aromatic carbocycles. The lowest BCUT2D eigenvalue weighted by Gasteiger charge is -2.18. The fraction of sp³-hybridized carbons (Fsp3) is 0.300. The van der Waals surface area contributed by atoms with Crippen molar-refractivity contribution in [1.82, 2.24) is 10.6 Å². The van der Waals surface area contributed by atoms with Gasteiger partial charge >= 0.3 is 0 Å². The molecule has 0 aliphatic heterocycles. The van der Waals surface area contributed by atoms with Crippen LogP contribution in [0.5, 0.6) is 5.75 Å². The average molecular weight is 390 g/mol. The molecular formula is C20H23FN2O3S. The van der Waals surface area contributed by atoms with Crippen LogP contribution in [0.15, 0.2) is 54.6 Å². The largest absolute Gasteiger partial charge is 0.484 e. The molecule has 1 atom stereocenters. The van der Waals surface area contributed by atoms with E-state index in [1.54, 1.807) is 42.1 Å². The third-order valence-electron chi connectivity index (χ3n) is 3.79. The summed E-state index contributed by atoms with van der Waals surface area (Å²) in [6.45, 7) is -0.113. The van der Waals surface area contributed by atoms with E-state index in [0.29, 0.717) is 23.5 Å². The first kappa shape index (κ1) is 20.8. The van der Waals surface area contributed by atoms with E-state index in [1.165, 1.54) is 6.07 Å². The van der Waals surface area contributed by atoms with E-state index in [1.807, 2.05) is 24.5 Å². The predicted octanol–water partition coefficient (Wildman–Crippen LogP) is 2.76. The number of thioether (sulfide) groups is 1. The van der Waals surface area contributed by atoms with Gasteiger partial charge in [-0.25, -0.2) is 4.39 Å². The first-order valence-corrected chi connectivity index (χ1v) is 9.97. The highest BCUT2D eigenvalue weighted by Crippen LogP contribution is 2.09. The number of benzene rings is 2. The van der Waals surface area contributed by atoms with Crippen LogP contribution in [0.2, 0.25) is 0 Å². The summed E-state index contributed by atoms with van der Waals surface area (Å²) >= 11 is 1.58. The zero-order chi connectivity index (χ0) is 19.5. The van der Waals surface area contributed by atoms with Crippen molar-refractivity contribution < 1.29 is 18.7 Å². The molecular weight excluding hydrogens is 367 g/mol. The van der Waals surface area contributed by atoms with Crippen LogP contribution in [0.25, 0.3) is 0 Å². The number of amides is 2. The van der Waals surface area contributed by atoms with E-state index in [9.17, 15) is 14.0 Å². The smallest absolute Gasteiger partial charge is 0.258 e. The predicted molar refractivity (Wildman–Crippen MR) is 105 cm³/mol. The minimum absolute atomic E-state index is 0.0671. The van der Waals surface area contributed by atoms with Crippen LogP contribution in [-0.4, -0.2) is 36.5 Å². The summed E-state index contributed by atoms with van der Waals surface area (Å²) in [5, 5.41) is 5.37. The first-order chi connectivity index (χ1) is 13.1. The van der Waals surface area contributed by atoms with Crippen molar-refractivity contribution in [3.8, 4) is 5.75 Å². The van der Waals surface area contributed by atoms with Gasteiger partial charge in [-0.3, -0.25) is 9.59 Å². The van der Waals surface area contributed by atoms with Crippen LogP contribution in [0, 0.1) is 5.82 Å². The van der Waals surface area contributed by atoms with E-state index >= 15 is 0 Å². The molecule has 0 aliphatic rings. The molecule has 0 bridgehead atoms. The Labute approximate surface area is 162 Å². The third kappa shape index (κ3) is 7.30. The number of carbonyl (C=O) groups excluding carboxylic acids is 2. The molecule has 0 spiro atoms. The lowest BCUT2D eigenvalue weighted by Crippen LogP contribution is -2.48. The highest BCUT2D eigenvalue weighted by molar-refractivity contribution is 7.98. The second-order valence-electron chi connectivity index (χ2n) is 5.81. The molecule has 0 radical (unpaired) electrons. The van der Waals surface area contributed by atoms with Gasteiger partial charge in [0.2, 0.25) is 5.91 Å². The molecule has 2 rings (SSSR count). The van der Waals surface area contributed by atoms with Crippen LogP contribution in [0.4, 0.5) is 4.39 Å². The molecule has 2 aromatic rings. The number of rotatable bonds is 10. The normalized spacial score (nSPS) is 11.5. The van der Waals surface area contributed by atoms with Gasteiger partial charge in [0.05, 0.1) is 0 Å². The summed E-state index contributed by atoms with van der Waals surface area (Å²) in [7, 11) is 0. The standard InChI is InChI=1S/C20H23FN2O3S/c1-27-12-11-18(20(25)22-13-15-7-5-6-10-17(15)21)23-19(24)14-26-16-8-3-2-4-9-16/h2-10,18H,11-14H2,1H3,(H,22,25)(H,23,24). The Hall–Kier alpha value is -2.54. The molecule has 0 saturated heterocycles. The van der Waals surface area contributed by atoms with Gasteiger partial charge in [0, 0.05) is 12.1 Å². The van der Waals surface area contributed by atoms with Crippen molar-refractivity contribution in [2.75, 3.05) is 18.6 Å². The maximum Gasteiger partial charge on any atom is 0.258 e. The molecule has 0 fully saturated rings. The molecule has 144 valence electrons. The zero-order valence-corrected chi connectivity index (χ0v) is 15.9. The van der Waals surface area contributed by atoms with Crippen LogP contribution >= 0.6 is 11.8 Å². The second-order valence-corrected chi connectivity index (χ2v) is 6.80.